The van der Waals surface area contributed by atoms with Crippen molar-refractivity contribution in [2.45, 2.75) is 53.0 Å². The second-order valence-electron chi connectivity index (χ2n) is 5.98. The first-order valence-corrected chi connectivity index (χ1v) is 7.45. The van der Waals surface area contributed by atoms with Gasteiger partial charge in [0.1, 0.15) is 0 Å². The van der Waals surface area contributed by atoms with Crippen molar-refractivity contribution in [2.75, 3.05) is 6.54 Å². The molecule has 0 unspecified atom stereocenters. The number of carbonyl (C=O) groups is 4. The molecule has 0 aliphatic heterocycles. The maximum absolute atomic E-state index is 12.0. The van der Waals surface area contributed by atoms with Gasteiger partial charge in [-0.15, -0.1) is 0 Å². The summed E-state index contributed by atoms with van der Waals surface area (Å²) >= 11 is 0. The van der Waals surface area contributed by atoms with E-state index in [1.165, 1.54) is 0 Å². The first-order chi connectivity index (χ1) is 10.1. The van der Waals surface area contributed by atoms with Crippen LogP contribution in [0.5, 0.6) is 0 Å². The second-order valence-corrected chi connectivity index (χ2v) is 5.98. The van der Waals surface area contributed by atoms with Crippen molar-refractivity contribution in [3.05, 3.63) is 0 Å². The third-order valence-corrected chi connectivity index (χ3v) is 2.93. The monoisotopic (exact) mass is 314 g/mol. The van der Waals surface area contributed by atoms with Crippen molar-refractivity contribution < 1.29 is 24.3 Å². The molecule has 0 saturated carbocycles. The zero-order chi connectivity index (χ0) is 17.3. The van der Waals surface area contributed by atoms with Crippen LogP contribution >= 0.6 is 0 Å². The number of carboxylic acid groups (broad SMARTS) is 1. The van der Waals surface area contributed by atoms with Crippen LogP contribution in [-0.2, 0) is 19.2 Å². The molecule has 0 saturated heterocycles. The van der Waals surface area contributed by atoms with Crippen molar-refractivity contribution >= 4 is 23.6 Å². The smallest absolute Gasteiger partial charge is 0.303 e. The van der Waals surface area contributed by atoms with Gasteiger partial charge >= 0.3 is 5.97 Å². The van der Waals surface area contributed by atoms with Crippen LogP contribution in [-0.4, -0.2) is 41.3 Å². The predicted octanol–water partition coefficient (Wildman–Crippen LogP) is 0.723. The summed E-state index contributed by atoms with van der Waals surface area (Å²) in [6, 6.07) is -0.842. The number of rotatable bonds is 10. The van der Waals surface area contributed by atoms with E-state index in [1.54, 1.807) is 13.8 Å². The molecule has 7 heteroatoms. The van der Waals surface area contributed by atoms with Gasteiger partial charge in [0.25, 0.3) is 0 Å². The van der Waals surface area contributed by atoms with Gasteiger partial charge in [-0.2, -0.15) is 0 Å². The molecule has 0 heterocycles. The second kappa shape index (κ2) is 9.92. The number of nitrogens with one attached hydrogen (secondary N) is 2. The largest absolute Gasteiger partial charge is 0.481 e. The molecule has 0 spiro atoms. The standard InChI is InChI=1S/C15H26N2O5/c1-9(2)7-12(18)16-8-13(19)17-11(5-6-14(20)21)15(22)10(3)4/h9-11H,5-8H2,1-4H3,(H,16,18)(H,17,19)(H,20,21)/t11-/m0/s1. The van der Waals surface area contributed by atoms with E-state index < -0.39 is 17.9 Å². The van der Waals surface area contributed by atoms with Crippen LogP contribution in [0, 0.1) is 11.8 Å². The Morgan fingerprint density at radius 2 is 1.59 bits per heavy atom. The Morgan fingerprint density at radius 1 is 1.00 bits per heavy atom. The van der Waals surface area contributed by atoms with E-state index in [-0.39, 0.29) is 42.9 Å². The SMILES string of the molecule is CC(C)CC(=O)NCC(=O)N[C@@H](CCC(=O)O)C(=O)C(C)C. The number of carbonyl (C=O) groups excluding carboxylic acids is 3. The Labute approximate surface area is 130 Å². The molecule has 0 aliphatic rings. The third kappa shape index (κ3) is 9.10. The number of Topliss-reactive ketones (excluding diaryl/α,β-unsaturated/α-hetero) is 1. The fraction of sp³-hybridized carbons (Fsp3) is 0.733. The highest BCUT2D eigenvalue weighted by molar-refractivity contribution is 5.92. The molecule has 126 valence electrons. The lowest BCUT2D eigenvalue weighted by atomic mass is 9.98. The first kappa shape index (κ1) is 20.1. The number of hydrogen-bond donors (Lipinski definition) is 3. The van der Waals surface area contributed by atoms with Crippen LogP contribution in [0.15, 0.2) is 0 Å². The zero-order valence-corrected chi connectivity index (χ0v) is 13.6. The van der Waals surface area contributed by atoms with Gasteiger partial charge in [-0.05, 0) is 12.3 Å². The lowest BCUT2D eigenvalue weighted by Gasteiger charge is -2.19. The Kier molecular flexibility index (Phi) is 9.05. The van der Waals surface area contributed by atoms with E-state index in [4.69, 9.17) is 5.11 Å². The molecular formula is C15H26N2O5. The van der Waals surface area contributed by atoms with Crippen LogP contribution in [0.2, 0.25) is 0 Å². The molecule has 0 rings (SSSR count). The minimum Gasteiger partial charge on any atom is -0.481 e. The molecule has 22 heavy (non-hydrogen) atoms. The molecule has 3 N–H and O–H groups in total. The molecule has 2 amide bonds. The maximum Gasteiger partial charge on any atom is 0.303 e. The Balaban J connectivity index is 4.45. The zero-order valence-electron chi connectivity index (χ0n) is 13.6. The predicted molar refractivity (Wildman–Crippen MR) is 81.1 cm³/mol. The number of ketones is 1. The van der Waals surface area contributed by atoms with Crippen LogP contribution in [0.1, 0.15) is 47.0 Å². The Morgan fingerprint density at radius 3 is 2.05 bits per heavy atom. The topological polar surface area (TPSA) is 113 Å². The van der Waals surface area contributed by atoms with E-state index in [2.05, 4.69) is 10.6 Å². The lowest BCUT2D eigenvalue weighted by molar-refractivity contribution is -0.138. The number of carboxylic acids is 1. The normalized spacial score (nSPS) is 12.1. The summed E-state index contributed by atoms with van der Waals surface area (Å²) in [7, 11) is 0. The molecule has 0 aromatic carbocycles. The Hall–Kier alpha value is -1.92. The van der Waals surface area contributed by atoms with Crippen LogP contribution in [0.25, 0.3) is 0 Å². The minimum atomic E-state index is -1.03. The molecule has 0 aliphatic carbocycles. The van der Waals surface area contributed by atoms with Gasteiger partial charge in [0, 0.05) is 18.8 Å². The highest BCUT2D eigenvalue weighted by atomic mass is 16.4. The van der Waals surface area contributed by atoms with E-state index >= 15 is 0 Å². The number of hydrogen-bond acceptors (Lipinski definition) is 4. The molecule has 7 nitrogen and oxygen atoms in total. The molecular weight excluding hydrogens is 288 g/mol. The van der Waals surface area contributed by atoms with Crippen LogP contribution in [0.3, 0.4) is 0 Å². The fourth-order valence-electron chi connectivity index (χ4n) is 1.82. The molecule has 0 aromatic heterocycles. The number of aliphatic carboxylic acids is 1. The van der Waals surface area contributed by atoms with Gasteiger partial charge in [-0.25, -0.2) is 0 Å². The Bertz CT molecular complexity index is 418. The van der Waals surface area contributed by atoms with Gasteiger partial charge < -0.3 is 15.7 Å². The minimum absolute atomic E-state index is 0.0397. The van der Waals surface area contributed by atoms with Crippen molar-refractivity contribution in [3.8, 4) is 0 Å². The van der Waals surface area contributed by atoms with E-state index in [1.807, 2.05) is 13.8 Å². The van der Waals surface area contributed by atoms with Crippen molar-refractivity contribution in [1.82, 2.24) is 10.6 Å². The molecule has 0 radical (unpaired) electrons. The highest BCUT2D eigenvalue weighted by Crippen LogP contribution is 2.06. The van der Waals surface area contributed by atoms with Gasteiger partial charge in [-0.3, -0.25) is 19.2 Å². The van der Waals surface area contributed by atoms with Crippen molar-refractivity contribution in [3.63, 3.8) is 0 Å². The van der Waals surface area contributed by atoms with Crippen molar-refractivity contribution in [1.29, 1.82) is 0 Å². The summed E-state index contributed by atoms with van der Waals surface area (Å²) in [6.45, 7) is 6.94. The lowest BCUT2D eigenvalue weighted by Crippen LogP contribution is -2.47. The highest BCUT2D eigenvalue weighted by Gasteiger charge is 2.23. The first-order valence-electron chi connectivity index (χ1n) is 7.45. The summed E-state index contributed by atoms with van der Waals surface area (Å²) in [4.78, 5) is 45.9. The van der Waals surface area contributed by atoms with Crippen LogP contribution < -0.4 is 10.6 Å². The number of amides is 2. The maximum atomic E-state index is 12.0. The van der Waals surface area contributed by atoms with E-state index in [0.717, 1.165) is 0 Å². The van der Waals surface area contributed by atoms with Gasteiger partial charge in [-0.1, -0.05) is 27.7 Å². The summed E-state index contributed by atoms with van der Waals surface area (Å²) in [6.07, 6.45) is 0.155. The third-order valence-electron chi connectivity index (χ3n) is 2.93. The molecule has 0 bridgehead atoms. The fourth-order valence-corrected chi connectivity index (χ4v) is 1.82. The molecule has 0 fully saturated rings. The summed E-state index contributed by atoms with van der Waals surface area (Å²) < 4.78 is 0. The average Bonchev–Trinajstić information content (AvgIpc) is 2.39. The van der Waals surface area contributed by atoms with Gasteiger partial charge in [0.2, 0.25) is 11.8 Å². The van der Waals surface area contributed by atoms with E-state index in [0.29, 0.717) is 6.42 Å². The summed E-state index contributed by atoms with van der Waals surface area (Å²) in [5, 5.41) is 13.7. The summed E-state index contributed by atoms with van der Waals surface area (Å²) in [5.41, 5.74) is 0. The van der Waals surface area contributed by atoms with Gasteiger partial charge in [0.15, 0.2) is 5.78 Å². The van der Waals surface area contributed by atoms with Gasteiger partial charge in [0.05, 0.1) is 12.6 Å². The average molecular weight is 314 g/mol. The molecule has 0 aromatic rings. The van der Waals surface area contributed by atoms with Crippen LogP contribution in [0.4, 0.5) is 0 Å². The quantitative estimate of drug-likeness (QED) is 0.550. The van der Waals surface area contributed by atoms with E-state index in [9.17, 15) is 19.2 Å². The molecule has 1 atom stereocenters. The summed E-state index contributed by atoms with van der Waals surface area (Å²) in [5.74, 6) is -2.10. The van der Waals surface area contributed by atoms with Crippen molar-refractivity contribution in [2.24, 2.45) is 11.8 Å².